The maximum atomic E-state index is 6.54. The van der Waals surface area contributed by atoms with Gasteiger partial charge in [-0.05, 0) is 63.2 Å². The number of nitrogens with zero attached hydrogens (tertiary/aromatic N) is 4. The van der Waals surface area contributed by atoms with E-state index in [1.54, 1.807) is 0 Å². The third kappa shape index (κ3) is 6.68. The van der Waals surface area contributed by atoms with E-state index < -0.39 is 0 Å². The Morgan fingerprint density at radius 2 is 1.37 bits per heavy atom. The Bertz CT molecular complexity index is 2350. The summed E-state index contributed by atoms with van der Waals surface area (Å²) in [6.45, 7) is 16.4. The zero-order valence-electron chi connectivity index (χ0n) is 29.8. The second-order valence-corrected chi connectivity index (χ2v) is 15.1. The Balaban J connectivity index is 0.00000406. The van der Waals surface area contributed by atoms with Crippen molar-refractivity contribution in [3.63, 3.8) is 0 Å². The number of aromatic nitrogens is 2. The maximum absolute atomic E-state index is 6.54. The zero-order valence-corrected chi connectivity index (χ0v) is 32.1. The molecule has 1 aliphatic heterocycles. The van der Waals surface area contributed by atoms with Crippen molar-refractivity contribution in [2.75, 3.05) is 9.80 Å². The molecule has 0 atom stereocenters. The van der Waals surface area contributed by atoms with Gasteiger partial charge in [0.05, 0.1) is 0 Å². The first-order chi connectivity index (χ1) is 24.0. The first kappa shape index (κ1) is 34.6. The number of ether oxygens (including phenoxy) is 1. The zero-order chi connectivity index (χ0) is 34.6. The van der Waals surface area contributed by atoms with Crippen LogP contribution in [0.15, 0.2) is 121 Å². The molecule has 5 aromatic carbocycles. The molecule has 1 aliphatic rings. The van der Waals surface area contributed by atoms with Crippen molar-refractivity contribution in [2.24, 2.45) is 0 Å². The minimum atomic E-state index is -0.0133. The van der Waals surface area contributed by atoms with Gasteiger partial charge < -0.3 is 19.1 Å². The SMILES string of the molecule is CC(C)(C)c1ccnc(-n2c3[c-]c(Oc4[c-]c(N5[CH-]N(Cc6ccccc6)c6ccccc65)ccc4)ccc3c3cc(C(C)(C)C)ccc32)c1.[Pt]. The molecule has 0 unspecified atom stereocenters. The molecule has 0 saturated carbocycles. The van der Waals surface area contributed by atoms with Crippen LogP contribution in [0.4, 0.5) is 17.1 Å². The van der Waals surface area contributed by atoms with Gasteiger partial charge in [0.2, 0.25) is 0 Å². The fraction of sp³-hybridized carbons (Fsp3) is 0.200. The van der Waals surface area contributed by atoms with E-state index in [1.807, 2.05) is 24.4 Å². The topological polar surface area (TPSA) is 33.5 Å². The molecule has 2 aromatic heterocycles. The average Bonchev–Trinajstić information content (AvgIpc) is 3.63. The standard InChI is InChI=1S/C45H41N4O.Pt/c1-44(2,3)32-19-22-39-38(25-32)37-21-20-36(28-42(37)49(39)43-26-33(23-24-46-43)45(4,5)6)50-35-16-12-15-34(27-35)48-30-47(29-31-13-8-7-9-14-31)40-17-10-11-18-41(40)48;/h7-26,30H,29H2,1-6H3;/q-3;. The number of rotatable bonds is 6. The minimum Gasteiger partial charge on any atom is -0.509 e. The summed E-state index contributed by atoms with van der Waals surface area (Å²) in [4.78, 5) is 9.33. The Morgan fingerprint density at radius 3 is 2.14 bits per heavy atom. The van der Waals surface area contributed by atoms with Crippen LogP contribution in [-0.2, 0) is 38.4 Å². The van der Waals surface area contributed by atoms with E-state index in [0.717, 1.165) is 45.8 Å². The van der Waals surface area contributed by atoms with Gasteiger partial charge in [0.1, 0.15) is 5.82 Å². The third-order valence-corrected chi connectivity index (χ3v) is 9.49. The van der Waals surface area contributed by atoms with Crippen molar-refractivity contribution in [2.45, 2.75) is 58.9 Å². The molecule has 7 aromatic rings. The fourth-order valence-electron chi connectivity index (χ4n) is 6.72. The molecule has 0 spiro atoms. The van der Waals surface area contributed by atoms with Crippen LogP contribution in [0.1, 0.15) is 58.2 Å². The van der Waals surface area contributed by atoms with Crippen LogP contribution < -0.4 is 14.5 Å². The molecule has 8 rings (SSSR count). The van der Waals surface area contributed by atoms with Crippen LogP contribution in [0.3, 0.4) is 0 Å². The van der Waals surface area contributed by atoms with E-state index in [-0.39, 0.29) is 31.9 Å². The molecule has 5 nitrogen and oxygen atoms in total. The summed E-state index contributed by atoms with van der Waals surface area (Å²) >= 11 is 0. The van der Waals surface area contributed by atoms with Crippen molar-refractivity contribution in [3.05, 3.63) is 157 Å². The number of pyridine rings is 1. The van der Waals surface area contributed by atoms with Gasteiger partial charge in [-0.3, -0.25) is 0 Å². The van der Waals surface area contributed by atoms with Crippen molar-refractivity contribution >= 4 is 38.9 Å². The summed E-state index contributed by atoms with van der Waals surface area (Å²) in [5, 5.41) is 2.29. The molecule has 0 bridgehead atoms. The summed E-state index contributed by atoms with van der Waals surface area (Å²) in [7, 11) is 0. The number of anilines is 3. The normalized spacial score (nSPS) is 13.1. The molecule has 260 valence electrons. The van der Waals surface area contributed by atoms with Crippen LogP contribution in [0, 0.1) is 18.8 Å². The van der Waals surface area contributed by atoms with Gasteiger partial charge in [-0.1, -0.05) is 102 Å². The fourth-order valence-corrected chi connectivity index (χ4v) is 6.72. The number of benzene rings is 5. The smallest absolute Gasteiger partial charge is 0.135 e. The molecule has 0 fully saturated rings. The molecule has 51 heavy (non-hydrogen) atoms. The summed E-state index contributed by atoms with van der Waals surface area (Å²) < 4.78 is 8.76. The van der Waals surface area contributed by atoms with E-state index in [9.17, 15) is 0 Å². The number of para-hydroxylation sites is 2. The van der Waals surface area contributed by atoms with Crippen molar-refractivity contribution in [3.8, 4) is 17.3 Å². The van der Waals surface area contributed by atoms with Crippen molar-refractivity contribution in [1.29, 1.82) is 0 Å². The largest absolute Gasteiger partial charge is 0.509 e. The Kier molecular flexibility index (Phi) is 9.06. The number of fused-ring (bicyclic) bond motifs is 4. The van der Waals surface area contributed by atoms with Crippen LogP contribution in [0.25, 0.3) is 27.6 Å². The summed E-state index contributed by atoms with van der Waals surface area (Å²) in [5.74, 6) is 2.11. The van der Waals surface area contributed by atoms with Crippen LogP contribution in [-0.4, -0.2) is 9.55 Å². The summed E-state index contributed by atoms with van der Waals surface area (Å²) in [6.07, 6.45) is 1.91. The predicted molar refractivity (Wildman–Crippen MR) is 206 cm³/mol. The molecule has 0 aliphatic carbocycles. The van der Waals surface area contributed by atoms with Gasteiger partial charge in [0.25, 0.3) is 0 Å². The second kappa shape index (κ2) is 13.4. The van der Waals surface area contributed by atoms with E-state index in [0.29, 0.717) is 11.5 Å². The average molecular weight is 849 g/mol. The van der Waals surface area contributed by atoms with Gasteiger partial charge in [-0.2, -0.15) is 18.8 Å². The predicted octanol–water partition coefficient (Wildman–Crippen LogP) is 11.4. The quantitative estimate of drug-likeness (QED) is 0.156. The molecule has 0 N–H and O–H groups in total. The van der Waals surface area contributed by atoms with Crippen LogP contribution in [0.2, 0.25) is 0 Å². The Morgan fingerprint density at radius 1 is 0.667 bits per heavy atom. The van der Waals surface area contributed by atoms with Crippen molar-refractivity contribution in [1.82, 2.24) is 9.55 Å². The maximum Gasteiger partial charge on any atom is 0.135 e. The van der Waals surface area contributed by atoms with E-state index in [2.05, 4.69) is 172 Å². The van der Waals surface area contributed by atoms with Crippen LogP contribution >= 0.6 is 0 Å². The molecule has 0 radical (unpaired) electrons. The molecule has 3 heterocycles. The number of hydrogen-bond acceptors (Lipinski definition) is 4. The minimum absolute atomic E-state index is 0. The van der Waals surface area contributed by atoms with E-state index in [4.69, 9.17) is 9.72 Å². The molecule has 6 heteroatoms. The summed E-state index contributed by atoms with van der Waals surface area (Å²) in [5.41, 5.74) is 8.95. The molecular weight excluding hydrogens is 808 g/mol. The monoisotopic (exact) mass is 848 g/mol. The first-order valence-electron chi connectivity index (χ1n) is 17.2. The second-order valence-electron chi connectivity index (χ2n) is 15.1. The Labute approximate surface area is 315 Å². The van der Waals surface area contributed by atoms with Crippen molar-refractivity contribution < 1.29 is 25.8 Å². The molecular formula is C45H41N4OPt-3. The first-order valence-corrected chi connectivity index (χ1v) is 17.2. The third-order valence-electron chi connectivity index (χ3n) is 9.49. The number of hydrogen-bond donors (Lipinski definition) is 0. The van der Waals surface area contributed by atoms with E-state index in [1.165, 1.54) is 22.1 Å². The molecule has 0 amide bonds. The van der Waals surface area contributed by atoms with Gasteiger partial charge in [0, 0.05) is 62.2 Å². The van der Waals surface area contributed by atoms with E-state index >= 15 is 0 Å². The van der Waals surface area contributed by atoms with Gasteiger partial charge in [-0.25, -0.2) is 4.98 Å². The van der Waals surface area contributed by atoms with Gasteiger partial charge in [0.15, 0.2) is 0 Å². The van der Waals surface area contributed by atoms with Gasteiger partial charge >= 0.3 is 0 Å². The summed E-state index contributed by atoms with van der Waals surface area (Å²) in [6, 6.07) is 47.4. The Hall–Kier alpha value is -4.86. The molecule has 0 saturated heterocycles. The van der Waals surface area contributed by atoms with Crippen LogP contribution in [0.5, 0.6) is 11.5 Å². The van der Waals surface area contributed by atoms with Gasteiger partial charge in [-0.15, -0.1) is 41.4 Å².